The smallest absolute Gasteiger partial charge is 0.462 e. The Hall–Kier alpha value is -3.85. The summed E-state index contributed by atoms with van der Waals surface area (Å²) in [5, 5.41) is 0. The van der Waals surface area contributed by atoms with E-state index in [4.69, 9.17) is 18.5 Å². The van der Waals surface area contributed by atoms with Crippen molar-refractivity contribution in [1.29, 1.82) is 0 Å². The van der Waals surface area contributed by atoms with Crippen LogP contribution in [0.2, 0.25) is 0 Å². The lowest BCUT2D eigenvalue weighted by atomic mass is 10.0. The maximum absolute atomic E-state index is 12.8. The molecule has 1 N–H and O–H groups in total. The van der Waals surface area contributed by atoms with Crippen LogP contribution in [0.25, 0.3) is 0 Å². The molecule has 9 nitrogen and oxygen atoms in total. The van der Waals surface area contributed by atoms with Crippen molar-refractivity contribution in [3.05, 3.63) is 134 Å². The van der Waals surface area contributed by atoms with E-state index in [0.717, 1.165) is 96.3 Å². The van der Waals surface area contributed by atoms with Crippen LogP contribution in [0.3, 0.4) is 0 Å². The zero-order valence-corrected chi connectivity index (χ0v) is 45.6. The average Bonchev–Trinajstić information content (AvgIpc) is 3.32. The van der Waals surface area contributed by atoms with Crippen LogP contribution in [-0.2, 0) is 32.7 Å². The molecule has 2 unspecified atom stereocenters. The molecule has 0 aliphatic rings. The largest absolute Gasteiger partial charge is 0.472 e. The number of phosphoric ester groups is 1. The second kappa shape index (κ2) is 50.1. The van der Waals surface area contributed by atoms with E-state index in [-0.39, 0.29) is 26.1 Å². The lowest BCUT2D eigenvalue weighted by molar-refractivity contribution is -0.870. The molecule has 0 heterocycles. The maximum atomic E-state index is 12.8. The predicted molar refractivity (Wildman–Crippen MR) is 297 cm³/mol. The minimum Gasteiger partial charge on any atom is -0.462 e. The highest BCUT2D eigenvalue weighted by molar-refractivity contribution is 7.47. The van der Waals surface area contributed by atoms with Crippen molar-refractivity contribution in [2.75, 3.05) is 47.5 Å². The van der Waals surface area contributed by atoms with Crippen molar-refractivity contribution in [3.8, 4) is 0 Å². The summed E-state index contributed by atoms with van der Waals surface area (Å²) >= 11 is 0. The molecule has 396 valence electrons. The summed E-state index contributed by atoms with van der Waals surface area (Å²) < 4.78 is 34.3. The molecule has 70 heavy (non-hydrogen) atoms. The first-order valence-electron chi connectivity index (χ1n) is 26.9. The summed E-state index contributed by atoms with van der Waals surface area (Å²) in [6, 6.07) is 0. The molecule has 0 fully saturated rings. The molecule has 0 saturated heterocycles. The third kappa shape index (κ3) is 53.5. The lowest BCUT2D eigenvalue weighted by Crippen LogP contribution is -2.37. The fourth-order valence-corrected chi connectivity index (χ4v) is 7.34. The van der Waals surface area contributed by atoms with Crippen molar-refractivity contribution in [2.45, 2.75) is 187 Å². The Bertz CT molecular complexity index is 1640. The Morgan fingerprint density at radius 3 is 1.20 bits per heavy atom. The summed E-state index contributed by atoms with van der Waals surface area (Å²) in [6.07, 6.45) is 72.6. The van der Waals surface area contributed by atoms with Crippen LogP contribution >= 0.6 is 7.82 Å². The Morgan fingerprint density at radius 1 is 0.443 bits per heavy atom. The maximum Gasteiger partial charge on any atom is 0.472 e. The van der Waals surface area contributed by atoms with Crippen LogP contribution in [-0.4, -0.2) is 74.9 Å². The first-order chi connectivity index (χ1) is 34.0. The van der Waals surface area contributed by atoms with Gasteiger partial charge in [-0.3, -0.25) is 18.6 Å². The van der Waals surface area contributed by atoms with E-state index in [0.29, 0.717) is 23.9 Å². The number of hydrogen-bond acceptors (Lipinski definition) is 7. The highest BCUT2D eigenvalue weighted by atomic mass is 31.2. The Morgan fingerprint density at radius 2 is 0.800 bits per heavy atom. The molecular formula is C60H99NO8P+. The summed E-state index contributed by atoms with van der Waals surface area (Å²) in [4.78, 5) is 35.5. The van der Waals surface area contributed by atoms with Gasteiger partial charge < -0.3 is 18.9 Å². The Kier molecular flexibility index (Phi) is 47.3. The molecule has 0 rings (SSSR count). The molecule has 0 aromatic rings. The van der Waals surface area contributed by atoms with E-state index in [2.05, 4.69) is 135 Å². The first-order valence-corrected chi connectivity index (χ1v) is 28.4. The van der Waals surface area contributed by atoms with E-state index in [9.17, 15) is 19.0 Å². The quantitative estimate of drug-likeness (QED) is 0.0211. The van der Waals surface area contributed by atoms with Crippen molar-refractivity contribution < 1.29 is 42.1 Å². The summed E-state index contributed by atoms with van der Waals surface area (Å²) in [7, 11) is 1.42. The Balaban J connectivity index is 4.19. The lowest BCUT2D eigenvalue weighted by Gasteiger charge is -2.24. The molecule has 0 radical (unpaired) electrons. The number of likely N-dealkylation sites (N-methyl/N-ethyl adjacent to an activating group) is 1. The number of unbranched alkanes of at least 4 members (excludes halogenated alkanes) is 11. The summed E-state index contributed by atoms with van der Waals surface area (Å²) in [5.74, 6) is -0.907. The van der Waals surface area contributed by atoms with Gasteiger partial charge in [0.15, 0.2) is 6.10 Å². The van der Waals surface area contributed by atoms with Gasteiger partial charge in [0.1, 0.15) is 19.8 Å². The Labute approximate surface area is 428 Å². The molecule has 0 amide bonds. The molecule has 0 aromatic heterocycles. The minimum absolute atomic E-state index is 0.0137. The summed E-state index contributed by atoms with van der Waals surface area (Å²) in [6.45, 7) is 4.08. The van der Waals surface area contributed by atoms with Gasteiger partial charge in [-0.05, 0) is 96.3 Å². The SMILES string of the molecule is CC/C=C\C/C=C\C/C=C\C/C=C\C/C=C\C/C=C\C/C=C\CCCCCCCCCCCCCC(=O)OC(COC(=O)CC/C=C\C/C=C\C/C=C\C/C=C\CC)COP(=O)(O)OCC[N+](C)(C)C. The van der Waals surface area contributed by atoms with Crippen molar-refractivity contribution in [1.82, 2.24) is 0 Å². The number of esters is 2. The number of phosphoric acid groups is 1. The van der Waals surface area contributed by atoms with Crippen molar-refractivity contribution >= 4 is 19.8 Å². The fraction of sp³-hybridized carbons (Fsp3) is 0.600. The second-order valence-electron chi connectivity index (χ2n) is 18.5. The van der Waals surface area contributed by atoms with Crippen LogP contribution in [0, 0.1) is 0 Å². The molecule has 0 aromatic carbocycles. The van der Waals surface area contributed by atoms with E-state index in [1.165, 1.54) is 44.9 Å². The zero-order chi connectivity index (χ0) is 51.3. The third-order valence-electron chi connectivity index (χ3n) is 10.7. The van der Waals surface area contributed by atoms with Crippen LogP contribution < -0.4 is 0 Å². The number of allylic oxidation sites excluding steroid dienone is 22. The monoisotopic (exact) mass is 993 g/mol. The van der Waals surface area contributed by atoms with Gasteiger partial charge in [-0.1, -0.05) is 205 Å². The third-order valence-corrected chi connectivity index (χ3v) is 11.7. The van der Waals surface area contributed by atoms with E-state index >= 15 is 0 Å². The van der Waals surface area contributed by atoms with Gasteiger partial charge >= 0.3 is 19.8 Å². The molecule has 0 aliphatic heterocycles. The minimum atomic E-state index is -4.40. The molecular weight excluding hydrogens is 894 g/mol. The summed E-state index contributed by atoms with van der Waals surface area (Å²) in [5.41, 5.74) is 0. The molecule has 0 spiro atoms. The normalized spacial score (nSPS) is 14.4. The van der Waals surface area contributed by atoms with Gasteiger partial charge in [0.05, 0.1) is 27.7 Å². The van der Waals surface area contributed by atoms with Crippen molar-refractivity contribution in [2.24, 2.45) is 0 Å². The second-order valence-corrected chi connectivity index (χ2v) is 19.9. The number of carbonyl (C=O) groups excluding carboxylic acids is 2. The standard InChI is InChI=1S/C60H98NO8P/c1-6-8-10-12-14-16-18-20-21-22-23-24-25-26-27-28-29-30-31-32-33-34-35-36-37-38-39-41-43-45-47-49-51-53-60(63)69-58(57-68-70(64,65)67-55-54-61(3,4)5)56-66-59(62)52-50-48-46-44-42-40-19-17-15-13-11-9-7-2/h8-11,14-17,20-21,23-24,26-27,29-30,32-33,40,42,46,48,58H,6-7,12-13,18-19,22,25,28,31,34-39,41,43-45,47,49-57H2,1-5H3/p+1/b10-8-,11-9-,16-14-,17-15-,21-20-,24-23-,27-26-,30-29-,33-32-,42-40-,48-46-. The van der Waals surface area contributed by atoms with Crippen LogP contribution in [0.15, 0.2) is 134 Å². The van der Waals surface area contributed by atoms with Gasteiger partial charge in [-0.2, -0.15) is 0 Å². The van der Waals surface area contributed by atoms with E-state index in [1.807, 2.05) is 33.3 Å². The van der Waals surface area contributed by atoms with Gasteiger partial charge in [0.2, 0.25) is 0 Å². The zero-order valence-electron chi connectivity index (χ0n) is 44.7. The van der Waals surface area contributed by atoms with Gasteiger partial charge in [0, 0.05) is 12.8 Å². The number of carbonyl (C=O) groups is 2. The highest BCUT2D eigenvalue weighted by Crippen LogP contribution is 2.43. The average molecular weight is 993 g/mol. The van der Waals surface area contributed by atoms with E-state index in [1.54, 1.807) is 0 Å². The van der Waals surface area contributed by atoms with Crippen LogP contribution in [0.5, 0.6) is 0 Å². The van der Waals surface area contributed by atoms with Crippen LogP contribution in [0.4, 0.5) is 0 Å². The van der Waals surface area contributed by atoms with Gasteiger partial charge in [-0.15, -0.1) is 0 Å². The number of rotatable bonds is 47. The molecule has 0 bridgehead atoms. The van der Waals surface area contributed by atoms with Crippen molar-refractivity contribution in [3.63, 3.8) is 0 Å². The molecule has 10 heteroatoms. The van der Waals surface area contributed by atoms with Gasteiger partial charge in [0.25, 0.3) is 0 Å². The number of hydrogen-bond donors (Lipinski definition) is 1. The molecule has 2 atom stereocenters. The molecule has 0 aliphatic carbocycles. The fourth-order valence-electron chi connectivity index (χ4n) is 6.60. The van der Waals surface area contributed by atoms with Gasteiger partial charge in [-0.25, -0.2) is 4.57 Å². The molecule has 0 saturated carbocycles. The topological polar surface area (TPSA) is 108 Å². The number of nitrogens with zero attached hydrogens (tertiary/aromatic N) is 1. The number of ether oxygens (including phenoxy) is 2. The first kappa shape index (κ1) is 66.2. The van der Waals surface area contributed by atoms with E-state index < -0.39 is 32.5 Å². The van der Waals surface area contributed by atoms with Crippen LogP contribution in [0.1, 0.15) is 181 Å². The number of quaternary nitrogens is 1. The predicted octanol–water partition coefficient (Wildman–Crippen LogP) is 16.6. The highest BCUT2D eigenvalue weighted by Gasteiger charge is 2.27.